The van der Waals surface area contributed by atoms with Gasteiger partial charge in [0.2, 0.25) is 0 Å². The van der Waals surface area contributed by atoms with Crippen molar-refractivity contribution in [2.75, 3.05) is 0 Å². The van der Waals surface area contributed by atoms with Gasteiger partial charge >= 0.3 is 0 Å². The lowest BCUT2D eigenvalue weighted by molar-refractivity contribution is 1.19. The summed E-state index contributed by atoms with van der Waals surface area (Å²) in [5.41, 5.74) is 3.81. The summed E-state index contributed by atoms with van der Waals surface area (Å²) < 4.78 is 10.7. The van der Waals surface area contributed by atoms with Crippen LogP contribution in [0.4, 0.5) is 0 Å². The molecule has 0 aliphatic carbocycles. The van der Waals surface area contributed by atoms with Crippen LogP contribution in [-0.4, -0.2) is 4.57 Å². The average molecular weight is 562 g/mol. The molecule has 0 saturated carbocycles. The molecule has 0 fully saturated rings. The number of aromatic nitrogens is 1. The largest absolute Gasteiger partial charge is 0.308 e. The molecule has 0 aliphatic heterocycles. The van der Waals surface area contributed by atoms with Gasteiger partial charge in [-0.3, -0.25) is 0 Å². The predicted molar refractivity (Wildman–Crippen MR) is 179 cm³/mol. The standard InChI is InChI=1S/C36H19NS3/c1-5-13-26-22(10-1)31-34(37(26)20-17-18-30-25(19-20)21-9-2-6-14-27(21)38-30)32-23-11-3-7-15-28(23)39-36(32)33-24-12-4-8-16-29(24)40-35(31)33/h1-19H. The quantitative estimate of drug-likeness (QED) is 0.188. The van der Waals surface area contributed by atoms with Crippen LogP contribution in [0.1, 0.15) is 0 Å². The monoisotopic (exact) mass is 561 g/mol. The van der Waals surface area contributed by atoms with Crippen molar-refractivity contribution in [1.29, 1.82) is 0 Å². The number of nitrogens with zero attached hydrogens (tertiary/aromatic N) is 1. The van der Waals surface area contributed by atoms with Crippen molar-refractivity contribution in [2.24, 2.45) is 0 Å². The molecule has 0 saturated heterocycles. The van der Waals surface area contributed by atoms with Crippen molar-refractivity contribution in [1.82, 2.24) is 4.57 Å². The van der Waals surface area contributed by atoms with E-state index in [0.29, 0.717) is 0 Å². The number of hydrogen-bond donors (Lipinski definition) is 0. The van der Waals surface area contributed by atoms with E-state index in [2.05, 4.69) is 120 Å². The second-order valence-corrected chi connectivity index (χ2v) is 13.6. The summed E-state index contributed by atoms with van der Waals surface area (Å²) in [5, 5.41) is 10.9. The molecule has 0 unspecified atom stereocenters. The van der Waals surface area contributed by atoms with E-state index in [0.717, 1.165) is 0 Å². The summed E-state index contributed by atoms with van der Waals surface area (Å²) in [7, 11) is 0. The van der Waals surface area contributed by atoms with E-state index >= 15 is 0 Å². The highest BCUT2D eigenvalue weighted by atomic mass is 32.1. The third-order valence-corrected chi connectivity index (χ3v) is 11.9. The lowest BCUT2D eigenvalue weighted by Crippen LogP contribution is -1.94. The molecule has 10 rings (SSSR count). The van der Waals surface area contributed by atoms with Gasteiger partial charge in [-0.1, -0.05) is 72.8 Å². The second-order valence-electron chi connectivity index (χ2n) is 10.5. The molecule has 4 heterocycles. The molecule has 10 aromatic rings. The van der Waals surface area contributed by atoms with E-state index in [9.17, 15) is 0 Å². The Kier molecular flexibility index (Phi) is 4.16. The van der Waals surface area contributed by atoms with E-state index in [1.54, 1.807) is 0 Å². The SMILES string of the molecule is c1ccc2c(c1)sc1ccc(-n3c4ccccc4c4c5sc6ccccc6c5c5sc6ccccc6c5c43)cc12. The number of fused-ring (bicyclic) bond motifs is 15. The van der Waals surface area contributed by atoms with Crippen LogP contribution in [0.2, 0.25) is 0 Å². The summed E-state index contributed by atoms with van der Waals surface area (Å²) in [6.07, 6.45) is 0. The summed E-state index contributed by atoms with van der Waals surface area (Å²) >= 11 is 5.76. The third kappa shape index (κ3) is 2.66. The van der Waals surface area contributed by atoms with Gasteiger partial charge in [0, 0.05) is 77.0 Å². The zero-order chi connectivity index (χ0) is 25.9. The van der Waals surface area contributed by atoms with Crippen LogP contribution >= 0.6 is 34.0 Å². The van der Waals surface area contributed by atoms with Gasteiger partial charge in [0.05, 0.1) is 11.0 Å². The van der Waals surface area contributed by atoms with Gasteiger partial charge < -0.3 is 4.57 Å². The summed E-state index contributed by atoms with van der Waals surface area (Å²) in [6.45, 7) is 0. The molecule has 0 spiro atoms. The Labute approximate surface area is 240 Å². The molecule has 4 heteroatoms. The average Bonchev–Trinajstić information content (AvgIpc) is 3.75. The molecule has 6 aromatic carbocycles. The Balaban J connectivity index is 1.50. The Bertz CT molecular complexity index is 2630. The van der Waals surface area contributed by atoms with Crippen LogP contribution < -0.4 is 0 Å². The first kappa shape index (κ1) is 21.6. The van der Waals surface area contributed by atoms with Crippen LogP contribution in [-0.2, 0) is 0 Å². The summed E-state index contributed by atoms with van der Waals surface area (Å²) in [6, 6.07) is 42.7. The molecule has 1 nitrogen and oxygen atoms in total. The highest BCUT2D eigenvalue weighted by Gasteiger charge is 2.24. The molecule has 0 radical (unpaired) electrons. The van der Waals surface area contributed by atoms with Crippen molar-refractivity contribution in [3.8, 4) is 5.69 Å². The number of hydrogen-bond acceptors (Lipinski definition) is 3. The maximum Gasteiger partial charge on any atom is 0.0648 e. The molecule has 0 atom stereocenters. The number of para-hydroxylation sites is 1. The smallest absolute Gasteiger partial charge is 0.0648 e. The molecule has 0 aliphatic rings. The Hall–Kier alpha value is -4.22. The van der Waals surface area contributed by atoms with Gasteiger partial charge in [-0.15, -0.1) is 34.0 Å². The summed E-state index contributed by atoms with van der Waals surface area (Å²) in [5.74, 6) is 0. The molecule has 4 aromatic heterocycles. The van der Waals surface area contributed by atoms with Crippen molar-refractivity contribution in [3.63, 3.8) is 0 Å². The molecular formula is C36H19NS3. The van der Waals surface area contributed by atoms with Crippen LogP contribution in [0.25, 0.3) is 88.0 Å². The van der Waals surface area contributed by atoms with E-state index in [1.807, 2.05) is 34.0 Å². The fraction of sp³-hybridized carbons (Fsp3) is 0. The highest BCUT2D eigenvalue weighted by Crippen LogP contribution is 2.52. The highest BCUT2D eigenvalue weighted by molar-refractivity contribution is 7.30. The van der Waals surface area contributed by atoms with Crippen LogP contribution in [0.5, 0.6) is 0 Å². The van der Waals surface area contributed by atoms with Gasteiger partial charge in [-0.2, -0.15) is 0 Å². The van der Waals surface area contributed by atoms with Crippen molar-refractivity contribution >= 4 is 116 Å². The van der Waals surface area contributed by atoms with Gasteiger partial charge in [-0.05, 0) is 42.5 Å². The van der Waals surface area contributed by atoms with Gasteiger partial charge in [0.15, 0.2) is 0 Å². The minimum absolute atomic E-state index is 1.22. The van der Waals surface area contributed by atoms with E-state index in [-0.39, 0.29) is 0 Å². The van der Waals surface area contributed by atoms with E-state index < -0.39 is 0 Å². The minimum atomic E-state index is 1.22. The molecule has 0 amide bonds. The Morgan fingerprint density at radius 3 is 1.65 bits per heavy atom. The zero-order valence-corrected chi connectivity index (χ0v) is 23.6. The molecule has 0 bridgehead atoms. The maximum atomic E-state index is 2.54. The fourth-order valence-electron chi connectivity index (χ4n) is 6.73. The zero-order valence-electron chi connectivity index (χ0n) is 21.1. The number of benzene rings is 6. The lowest BCUT2D eigenvalue weighted by Gasteiger charge is -2.10. The Morgan fingerprint density at radius 1 is 0.400 bits per heavy atom. The molecule has 40 heavy (non-hydrogen) atoms. The third-order valence-electron chi connectivity index (χ3n) is 8.38. The molecule has 0 N–H and O–H groups in total. The summed E-state index contributed by atoms with van der Waals surface area (Å²) in [4.78, 5) is 0. The minimum Gasteiger partial charge on any atom is -0.308 e. The van der Waals surface area contributed by atoms with Gasteiger partial charge in [0.1, 0.15) is 0 Å². The van der Waals surface area contributed by atoms with Crippen LogP contribution in [0.15, 0.2) is 115 Å². The molecule has 186 valence electrons. The number of rotatable bonds is 1. The van der Waals surface area contributed by atoms with Crippen molar-refractivity contribution < 1.29 is 0 Å². The maximum absolute atomic E-state index is 2.54. The first-order valence-corrected chi connectivity index (χ1v) is 15.9. The van der Waals surface area contributed by atoms with Crippen LogP contribution in [0.3, 0.4) is 0 Å². The lowest BCUT2D eigenvalue weighted by atomic mass is 10.0. The normalized spacial score (nSPS) is 12.5. The van der Waals surface area contributed by atoms with Gasteiger partial charge in [0.25, 0.3) is 0 Å². The van der Waals surface area contributed by atoms with Crippen molar-refractivity contribution in [3.05, 3.63) is 115 Å². The number of thiophene rings is 3. The second kappa shape index (κ2) is 7.70. The fourth-order valence-corrected chi connectivity index (χ4v) is 10.4. The Morgan fingerprint density at radius 2 is 0.925 bits per heavy atom. The first-order valence-electron chi connectivity index (χ1n) is 13.4. The van der Waals surface area contributed by atoms with Gasteiger partial charge in [-0.25, -0.2) is 0 Å². The topological polar surface area (TPSA) is 4.93 Å². The predicted octanol–water partition coefficient (Wildman–Crippen LogP) is 11.9. The van der Waals surface area contributed by atoms with Crippen LogP contribution in [0, 0.1) is 0 Å². The first-order chi connectivity index (χ1) is 19.8. The van der Waals surface area contributed by atoms with E-state index in [4.69, 9.17) is 0 Å². The van der Waals surface area contributed by atoms with Crippen molar-refractivity contribution in [2.45, 2.75) is 0 Å². The van der Waals surface area contributed by atoms with E-state index in [1.165, 1.54) is 88.0 Å². The molecular weight excluding hydrogens is 543 g/mol.